The molecule has 0 aromatic rings. The molecule has 0 aromatic heterocycles. The van der Waals surface area contributed by atoms with Gasteiger partial charge in [-0.2, -0.15) is 0 Å². The van der Waals surface area contributed by atoms with Crippen molar-refractivity contribution in [3.8, 4) is 0 Å². The van der Waals surface area contributed by atoms with Crippen LogP contribution in [0.1, 0.15) is 40.0 Å². The molecule has 1 aliphatic heterocycles. The smallest absolute Gasteiger partial charge is 0.0601 e. The highest BCUT2D eigenvalue weighted by Gasteiger charge is 2.39. The first-order valence-corrected chi connectivity index (χ1v) is 7.17. The van der Waals surface area contributed by atoms with Crippen LogP contribution in [0.3, 0.4) is 0 Å². The van der Waals surface area contributed by atoms with Gasteiger partial charge < -0.3 is 10.1 Å². The first-order valence-electron chi connectivity index (χ1n) is 7.17. The number of methoxy groups -OCH3 is 1. The molecule has 17 heavy (non-hydrogen) atoms. The number of rotatable bonds is 4. The fourth-order valence-electron chi connectivity index (χ4n) is 3.09. The second-order valence-corrected chi connectivity index (χ2v) is 5.93. The number of nitrogens with zero attached hydrogens (tertiary/aromatic N) is 1. The van der Waals surface area contributed by atoms with Crippen LogP contribution < -0.4 is 5.32 Å². The third kappa shape index (κ3) is 2.83. The molecule has 1 heterocycles. The van der Waals surface area contributed by atoms with E-state index >= 15 is 0 Å². The molecule has 100 valence electrons. The monoisotopic (exact) mass is 240 g/mol. The van der Waals surface area contributed by atoms with Crippen LogP contribution in [-0.4, -0.2) is 49.3 Å². The van der Waals surface area contributed by atoms with Gasteiger partial charge in [0.05, 0.1) is 6.10 Å². The lowest BCUT2D eigenvalue weighted by atomic mass is 9.85. The fourth-order valence-corrected chi connectivity index (χ4v) is 3.09. The maximum atomic E-state index is 5.40. The summed E-state index contributed by atoms with van der Waals surface area (Å²) in [7, 11) is 1.84. The first kappa shape index (κ1) is 13.3. The molecular weight excluding hydrogens is 212 g/mol. The number of piperazine rings is 1. The van der Waals surface area contributed by atoms with Crippen LogP contribution in [0.4, 0.5) is 0 Å². The highest BCUT2D eigenvalue weighted by atomic mass is 16.5. The van der Waals surface area contributed by atoms with Gasteiger partial charge in [0.25, 0.3) is 0 Å². The number of ether oxygens (including phenoxy) is 1. The van der Waals surface area contributed by atoms with Gasteiger partial charge in [-0.25, -0.2) is 0 Å². The van der Waals surface area contributed by atoms with Gasteiger partial charge in [0, 0.05) is 38.3 Å². The summed E-state index contributed by atoms with van der Waals surface area (Å²) in [6.45, 7) is 9.37. The summed E-state index contributed by atoms with van der Waals surface area (Å²) in [5.74, 6) is 0.781. The van der Waals surface area contributed by atoms with Crippen molar-refractivity contribution in [3.05, 3.63) is 0 Å². The van der Waals surface area contributed by atoms with Crippen molar-refractivity contribution in [1.29, 1.82) is 0 Å². The molecule has 0 radical (unpaired) electrons. The van der Waals surface area contributed by atoms with Crippen LogP contribution in [0.25, 0.3) is 0 Å². The van der Waals surface area contributed by atoms with Crippen molar-refractivity contribution in [2.75, 3.05) is 20.2 Å². The Morgan fingerprint density at radius 1 is 1.41 bits per heavy atom. The molecular formula is C14H28N2O. The van der Waals surface area contributed by atoms with Gasteiger partial charge in [-0.05, 0) is 25.7 Å². The number of hydrogen-bond acceptors (Lipinski definition) is 3. The fraction of sp³-hybridized carbons (Fsp3) is 1.00. The van der Waals surface area contributed by atoms with E-state index in [2.05, 4.69) is 31.0 Å². The summed E-state index contributed by atoms with van der Waals surface area (Å²) in [4.78, 5) is 2.71. The first-order chi connectivity index (χ1) is 8.15. The van der Waals surface area contributed by atoms with Crippen LogP contribution in [0.2, 0.25) is 0 Å². The molecule has 0 aromatic carbocycles. The lowest BCUT2D eigenvalue weighted by molar-refractivity contribution is -0.0520. The lowest BCUT2D eigenvalue weighted by Crippen LogP contribution is -2.63. The van der Waals surface area contributed by atoms with Crippen molar-refractivity contribution >= 4 is 0 Å². The van der Waals surface area contributed by atoms with Gasteiger partial charge in [0.2, 0.25) is 0 Å². The second kappa shape index (κ2) is 5.68. The summed E-state index contributed by atoms with van der Waals surface area (Å²) >= 11 is 0. The molecule has 0 spiro atoms. The minimum absolute atomic E-state index is 0.518. The zero-order valence-electron chi connectivity index (χ0n) is 11.8. The zero-order chi connectivity index (χ0) is 12.4. The topological polar surface area (TPSA) is 24.5 Å². The van der Waals surface area contributed by atoms with Crippen LogP contribution >= 0.6 is 0 Å². The van der Waals surface area contributed by atoms with Crippen LogP contribution in [-0.2, 0) is 4.74 Å². The normalized spacial score (nSPS) is 40.9. The molecule has 1 saturated carbocycles. The predicted molar refractivity (Wildman–Crippen MR) is 71.2 cm³/mol. The summed E-state index contributed by atoms with van der Waals surface area (Å²) < 4.78 is 5.40. The molecule has 2 rings (SSSR count). The maximum absolute atomic E-state index is 5.40. The van der Waals surface area contributed by atoms with Crippen molar-refractivity contribution in [3.63, 3.8) is 0 Å². The molecule has 2 aliphatic rings. The Balaban J connectivity index is 1.87. The number of nitrogens with one attached hydrogen (secondary N) is 1. The van der Waals surface area contributed by atoms with E-state index in [1.807, 2.05) is 7.11 Å². The molecule has 0 bridgehead atoms. The highest BCUT2D eigenvalue weighted by Crippen LogP contribution is 2.31. The summed E-state index contributed by atoms with van der Waals surface area (Å²) in [6, 6.07) is 2.12. The maximum Gasteiger partial charge on any atom is 0.0601 e. The Morgan fingerprint density at radius 3 is 2.71 bits per heavy atom. The SMILES string of the molecule is CCC(C)C1CN(C2CC(OC)C2)C(C)CN1. The van der Waals surface area contributed by atoms with Gasteiger partial charge in [-0.1, -0.05) is 20.3 Å². The summed E-state index contributed by atoms with van der Waals surface area (Å²) in [6.07, 6.45) is 4.25. The van der Waals surface area contributed by atoms with E-state index in [9.17, 15) is 0 Å². The zero-order valence-corrected chi connectivity index (χ0v) is 11.8. The van der Waals surface area contributed by atoms with Gasteiger partial charge >= 0.3 is 0 Å². The molecule has 1 N–H and O–H groups in total. The van der Waals surface area contributed by atoms with Crippen molar-refractivity contribution < 1.29 is 4.74 Å². The second-order valence-electron chi connectivity index (χ2n) is 5.93. The van der Waals surface area contributed by atoms with E-state index in [1.165, 1.54) is 25.8 Å². The third-order valence-electron chi connectivity index (χ3n) is 4.85. The predicted octanol–water partition coefficient (Wildman–Crippen LogP) is 1.87. The molecule has 3 unspecified atom stereocenters. The largest absolute Gasteiger partial charge is 0.381 e. The van der Waals surface area contributed by atoms with Crippen LogP contribution in [0.5, 0.6) is 0 Å². The molecule has 0 amide bonds. The van der Waals surface area contributed by atoms with Gasteiger partial charge in [0.1, 0.15) is 0 Å². The van der Waals surface area contributed by atoms with E-state index in [1.54, 1.807) is 0 Å². The molecule has 3 heteroatoms. The van der Waals surface area contributed by atoms with Crippen molar-refractivity contribution in [2.24, 2.45) is 5.92 Å². The average molecular weight is 240 g/mol. The minimum Gasteiger partial charge on any atom is -0.381 e. The van der Waals surface area contributed by atoms with E-state index in [0.29, 0.717) is 18.2 Å². The van der Waals surface area contributed by atoms with Crippen LogP contribution in [0.15, 0.2) is 0 Å². The highest BCUT2D eigenvalue weighted by molar-refractivity contribution is 4.95. The quantitative estimate of drug-likeness (QED) is 0.812. The standard InChI is InChI=1S/C14H28N2O/c1-5-10(2)14-9-16(11(3)8-15-14)12-6-13(7-12)17-4/h10-15H,5-9H2,1-4H3. The molecule has 3 nitrogen and oxygen atoms in total. The summed E-state index contributed by atoms with van der Waals surface area (Å²) in [5.41, 5.74) is 0. The van der Waals surface area contributed by atoms with Gasteiger partial charge in [-0.3, -0.25) is 4.90 Å². The Hall–Kier alpha value is -0.120. The average Bonchev–Trinajstić information content (AvgIpc) is 2.29. The Morgan fingerprint density at radius 2 is 2.12 bits per heavy atom. The molecule has 1 aliphatic carbocycles. The van der Waals surface area contributed by atoms with Gasteiger partial charge in [-0.15, -0.1) is 0 Å². The van der Waals surface area contributed by atoms with Gasteiger partial charge in [0.15, 0.2) is 0 Å². The van der Waals surface area contributed by atoms with Crippen LogP contribution in [0, 0.1) is 5.92 Å². The minimum atomic E-state index is 0.518. The Kier molecular flexibility index (Phi) is 4.45. The van der Waals surface area contributed by atoms with E-state index in [0.717, 1.165) is 18.5 Å². The molecule has 3 atom stereocenters. The van der Waals surface area contributed by atoms with E-state index < -0.39 is 0 Å². The molecule has 2 fully saturated rings. The molecule has 1 saturated heterocycles. The third-order valence-corrected chi connectivity index (χ3v) is 4.85. The Labute approximate surface area is 106 Å². The summed E-state index contributed by atoms with van der Waals surface area (Å²) in [5, 5.41) is 3.70. The Bertz CT molecular complexity index is 240. The number of hydrogen-bond donors (Lipinski definition) is 1. The van der Waals surface area contributed by atoms with Crippen molar-refractivity contribution in [1.82, 2.24) is 10.2 Å². The van der Waals surface area contributed by atoms with E-state index in [4.69, 9.17) is 4.74 Å². The van der Waals surface area contributed by atoms with E-state index in [-0.39, 0.29) is 0 Å². The van der Waals surface area contributed by atoms with Crippen molar-refractivity contribution in [2.45, 2.75) is 64.3 Å². The lowest BCUT2D eigenvalue weighted by Gasteiger charge is -2.50.